The van der Waals surface area contributed by atoms with E-state index in [4.69, 9.17) is 18.9 Å². The highest BCUT2D eigenvalue weighted by Gasteiger charge is 2.14. The predicted molar refractivity (Wildman–Crippen MR) is 147 cm³/mol. The number of nitrogens with zero attached hydrogens (tertiary/aromatic N) is 2. The first-order valence-electron chi connectivity index (χ1n) is 11.3. The lowest BCUT2D eigenvalue weighted by molar-refractivity contribution is -0.384. The van der Waals surface area contributed by atoms with Gasteiger partial charge in [-0.2, -0.15) is 5.10 Å². The second-order valence-electron chi connectivity index (χ2n) is 7.47. The van der Waals surface area contributed by atoms with Crippen molar-refractivity contribution in [2.45, 2.75) is 20.5 Å². The SMILES string of the molecule is CCOc1cc(C(=O)N/N=C/c2cc(I)c(OCc3ccc([N+](=O)[O-])cc3)c(OCC)c2)ccc1OC. The van der Waals surface area contributed by atoms with Gasteiger partial charge < -0.3 is 18.9 Å². The number of halogens is 1. The van der Waals surface area contributed by atoms with Crippen LogP contribution in [0.25, 0.3) is 0 Å². The van der Waals surface area contributed by atoms with Gasteiger partial charge in [0.05, 0.1) is 35.0 Å². The quantitative estimate of drug-likeness (QED) is 0.126. The number of carbonyl (C=O) groups is 1. The lowest BCUT2D eigenvalue weighted by Gasteiger charge is -2.14. The number of hydrogen-bond acceptors (Lipinski definition) is 8. The molecule has 3 aromatic carbocycles. The van der Waals surface area contributed by atoms with Gasteiger partial charge in [0.1, 0.15) is 6.61 Å². The highest BCUT2D eigenvalue weighted by molar-refractivity contribution is 14.1. The van der Waals surface area contributed by atoms with Gasteiger partial charge in [-0.05, 0) is 90.0 Å². The van der Waals surface area contributed by atoms with Gasteiger partial charge in [0.25, 0.3) is 11.6 Å². The Kier molecular flexibility index (Phi) is 10.1. The van der Waals surface area contributed by atoms with E-state index in [0.29, 0.717) is 47.3 Å². The second kappa shape index (κ2) is 13.4. The van der Waals surface area contributed by atoms with Gasteiger partial charge in [-0.15, -0.1) is 0 Å². The summed E-state index contributed by atoms with van der Waals surface area (Å²) < 4.78 is 23.3. The van der Waals surface area contributed by atoms with Gasteiger partial charge in [0.2, 0.25) is 0 Å². The van der Waals surface area contributed by atoms with Crippen LogP contribution in [0.1, 0.15) is 35.3 Å². The molecule has 0 radical (unpaired) electrons. The van der Waals surface area contributed by atoms with Gasteiger partial charge in [-0.3, -0.25) is 14.9 Å². The van der Waals surface area contributed by atoms with Gasteiger partial charge >= 0.3 is 0 Å². The fourth-order valence-corrected chi connectivity index (χ4v) is 4.03. The summed E-state index contributed by atoms with van der Waals surface area (Å²) in [6, 6.07) is 14.6. The highest BCUT2D eigenvalue weighted by atomic mass is 127. The van der Waals surface area contributed by atoms with Gasteiger partial charge in [-0.25, -0.2) is 5.43 Å². The van der Waals surface area contributed by atoms with E-state index in [1.54, 1.807) is 36.4 Å². The Bertz CT molecular complexity index is 1280. The monoisotopic (exact) mass is 619 g/mol. The third-order valence-corrected chi connectivity index (χ3v) is 5.77. The smallest absolute Gasteiger partial charge is 0.271 e. The van der Waals surface area contributed by atoms with Gasteiger partial charge in [-0.1, -0.05) is 0 Å². The van der Waals surface area contributed by atoms with Crippen molar-refractivity contribution in [3.8, 4) is 23.0 Å². The molecule has 3 aromatic rings. The molecule has 3 rings (SSSR count). The van der Waals surface area contributed by atoms with E-state index in [0.717, 1.165) is 9.13 Å². The van der Waals surface area contributed by atoms with E-state index in [1.165, 1.54) is 25.5 Å². The van der Waals surface area contributed by atoms with Crippen molar-refractivity contribution in [1.82, 2.24) is 5.43 Å². The van der Waals surface area contributed by atoms with Crippen LogP contribution in [0.4, 0.5) is 5.69 Å². The Morgan fingerprint density at radius 1 is 1.00 bits per heavy atom. The zero-order valence-electron chi connectivity index (χ0n) is 20.5. The van der Waals surface area contributed by atoms with Crippen LogP contribution in [-0.2, 0) is 6.61 Å². The number of carbonyl (C=O) groups excluding carboxylic acids is 1. The minimum Gasteiger partial charge on any atom is -0.493 e. The van der Waals surface area contributed by atoms with E-state index in [9.17, 15) is 14.9 Å². The van der Waals surface area contributed by atoms with Crippen LogP contribution < -0.4 is 24.4 Å². The second-order valence-corrected chi connectivity index (χ2v) is 8.64. The van der Waals surface area contributed by atoms with Crippen molar-refractivity contribution in [1.29, 1.82) is 0 Å². The maximum Gasteiger partial charge on any atom is 0.271 e. The number of non-ortho nitro benzene ring substituents is 1. The van der Waals surface area contributed by atoms with Crippen LogP contribution >= 0.6 is 22.6 Å². The van der Waals surface area contributed by atoms with E-state index >= 15 is 0 Å². The van der Waals surface area contributed by atoms with E-state index in [1.807, 2.05) is 19.9 Å². The largest absolute Gasteiger partial charge is 0.493 e. The fourth-order valence-electron chi connectivity index (χ4n) is 3.25. The van der Waals surface area contributed by atoms with Crippen molar-refractivity contribution in [3.05, 3.63) is 85.0 Å². The summed E-state index contributed by atoms with van der Waals surface area (Å²) >= 11 is 2.13. The zero-order chi connectivity index (χ0) is 26.8. The first-order valence-corrected chi connectivity index (χ1v) is 12.4. The summed E-state index contributed by atoms with van der Waals surface area (Å²) in [5, 5.41) is 14.9. The Labute approximate surface area is 227 Å². The zero-order valence-corrected chi connectivity index (χ0v) is 22.7. The number of hydrazone groups is 1. The number of methoxy groups -OCH3 is 1. The Morgan fingerprint density at radius 2 is 1.70 bits per heavy atom. The number of ether oxygens (including phenoxy) is 4. The molecular formula is C26H26IN3O7. The van der Waals surface area contributed by atoms with Crippen LogP contribution in [0.3, 0.4) is 0 Å². The summed E-state index contributed by atoms with van der Waals surface area (Å²) in [6.07, 6.45) is 1.51. The highest BCUT2D eigenvalue weighted by Crippen LogP contribution is 2.34. The van der Waals surface area contributed by atoms with Crippen molar-refractivity contribution in [2.24, 2.45) is 5.10 Å². The molecule has 0 aliphatic rings. The molecule has 0 saturated heterocycles. The molecule has 0 aliphatic carbocycles. The number of amides is 1. The molecule has 0 bridgehead atoms. The minimum absolute atomic E-state index is 0.0193. The summed E-state index contributed by atoms with van der Waals surface area (Å²) in [7, 11) is 1.53. The van der Waals surface area contributed by atoms with Gasteiger partial charge in [0.15, 0.2) is 23.0 Å². The number of benzene rings is 3. The number of hydrogen-bond donors (Lipinski definition) is 1. The fraction of sp³-hybridized carbons (Fsp3) is 0.231. The number of rotatable bonds is 12. The normalized spacial score (nSPS) is 10.7. The standard InChI is InChI=1S/C26H26IN3O7/c1-4-35-23-14-19(8-11-22(23)34-3)26(31)29-28-15-18-12-21(27)25(24(13-18)36-5-2)37-16-17-6-9-20(10-7-17)30(32)33/h6-15H,4-5,16H2,1-3H3,(H,29,31)/b28-15+. The predicted octanol–water partition coefficient (Wildman–Crippen LogP) is 5.35. The summed E-state index contributed by atoms with van der Waals surface area (Å²) in [6.45, 7) is 4.78. The number of nitro benzene ring substituents is 1. The average molecular weight is 619 g/mol. The van der Waals surface area contributed by atoms with Gasteiger partial charge in [0, 0.05) is 17.7 Å². The average Bonchev–Trinajstić information content (AvgIpc) is 2.88. The van der Waals surface area contributed by atoms with Crippen molar-refractivity contribution >= 4 is 40.4 Å². The number of nitro groups is 1. The first-order chi connectivity index (χ1) is 17.9. The van der Waals surface area contributed by atoms with Crippen LogP contribution in [0.5, 0.6) is 23.0 Å². The lowest BCUT2D eigenvalue weighted by Crippen LogP contribution is -2.17. The molecule has 0 fully saturated rings. The van der Waals surface area contributed by atoms with E-state index in [2.05, 4.69) is 33.1 Å². The van der Waals surface area contributed by atoms with Crippen LogP contribution in [-0.4, -0.2) is 37.4 Å². The van der Waals surface area contributed by atoms with E-state index in [-0.39, 0.29) is 12.3 Å². The molecule has 0 heterocycles. The third kappa shape index (κ3) is 7.56. The number of nitrogens with one attached hydrogen (secondary N) is 1. The molecule has 0 saturated carbocycles. The summed E-state index contributed by atoms with van der Waals surface area (Å²) in [4.78, 5) is 23.0. The molecular weight excluding hydrogens is 593 g/mol. The third-order valence-electron chi connectivity index (χ3n) is 4.97. The molecule has 37 heavy (non-hydrogen) atoms. The molecule has 0 spiro atoms. The van der Waals surface area contributed by atoms with Crippen LogP contribution in [0.2, 0.25) is 0 Å². The lowest BCUT2D eigenvalue weighted by atomic mass is 10.2. The molecule has 11 heteroatoms. The molecule has 0 unspecified atom stereocenters. The minimum atomic E-state index is -0.446. The van der Waals surface area contributed by atoms with Crippen molar-refractivity contribution in [2.75, 3.05) is 20.3 Å². The summed E-state index contributed by atoms with van der Waals surface area (Å²) in [5.41, 5.74) is 4.38. The molecule has 0 aliphatic heterocycles. The van der Waals surface area contributed by atoms with E-state index < -0.39 is 10.8 Å². The van der Waals surface area contributed by atoms with Crippen LogP contribution in [0.15, 0.2) is 59.7 Å². The van der Waals surface area contributed by atoms with Crippen molar-refractivity contribution in [3.63, 3.8) is 0 Å². The molecule has 0 aromatic heterocycles. The maximum absolute atomic E-state index is 12.6. The molecule has 194 valence electrons. The Morgan fingerprint density at radius 3 is 2.35 bits per heavy atom. The van der Waals surface area contributed by atoms with Crippen molar-refractivity contribution < 1.29 is 28.7 Å². The molecule has 1 amide bonds. The maximum atomic E-state index is 12.6. The summed E-state index contributed by atoms with van der Waals surface area (Å²) in [5.74, 6) is 1.67. The molecule has 0 atom stereocenters. The Balaban J connectivity index is 1.71. The Hall–Kier alpha value is -3.87. The topological polar surface area (TPSA) is 122 Å². The van der Waals surface area contributed by atoms with Crippen LogP contribution in [0, 0.1) is 13.7 Å². The molecule has 10 nitrogen and oxygen atoms in total. The first kappa shape index (κ1) is 27.7. The molecule has 1 N–H and O–H groups in total.